The van der Waals surface area contributed by atoms with Crippen LogP contribution in [0, 0.1) is 22.7 Å². The van der Waals surface area contributed by atoms with Crippen LogP contribution in [0.4, 0.5) is 0 Å². The maximum absolute atomic E-state index is 5.11. The molecule has 0 bridgehead atoms. The van der Waals surface area contributed by atoms with E-state index in [0.29, 0.717) is 16.9 Å². The normalized spacial score (nSPS) is 24.9. The number of hydrogen-bond acceptors (Lipinski definition) is 1. The van der Waals surface area contributed by atoms with E-state index in [2.05, 4.69) is 41.5 Å². The van der Waals surface area contributed by atoms with Crippen molar-refractivity contribution in [1.29, 1.82) is 0 Å². The van der Waals surface area contributed by atoms with Crippen LogP contribution in [-0.4, -0.2) is 6.04 Å². The SMILES string of the molecule is CC(C)N.CCC(C)(C)C1CCCCC1C(C)(C)C. The summed E-state index contributed by atoms with van der Waals surface area (Å²) < 4.78 is 0. The van der Waals surface area contributed by atoms with Gasteiger partial charge in [0, 0.05) is 0 Å². The maximum Gasteiger partial charge on any atom is -0.00179 e. The molecule has 2 atom stereocenters. The first kappa shape index (κ1) is 19.0. The van der Waals surface area contributed by atoms with Crippen LogP contribution in [0.15, 0.2) is 0 Å². The fourth-order valence-electron chi connectivity index (χ4n) is 3.36. The van der Waals surface area contributed by atoms with Gasteiger partial charge >= 0.3 is 0 Å². The third-order valence-electron chi connectivity index (χ3n) is 4.79. The minimum Gasteiger partial charge on any atom is -0.328 e. The Morgan fingerprint density at radius 2 is 1.32 bits per heavy atom. The van der Waals surface area contributed by atoms with Crippen molar-refractivity contribution in [3.8, 4) is 0 Å². The van der Waals surface area contributed by atoms with Gasteiger partial charge in [0.2, 0.25) is 0 Å². The Labute approximate surface area is 122 Å². The summed E-state index contributed by atoms with van der Waals surface area (Å²) in [6, 6.07) is 0.333. The average molecular weight is 270 g/mol. The summed E-state index contributed by atoms with van der Waals surface area (Å²) in [6.07, 6.45) is 7.16. The smallest absolute Gasteiger partial charge is 0.00179 e. The van der Waals surface area contributed by atoms with Gasteiger partial charge in [-0.3, -0.25) is 0 Å². The number of hydrogen-bond donors (Lipinski definition) is 1. The standard InChI is InChI=1S/C15H30.C3H9N/c1-7-15(5,6)13-11-9-8-10-12(13)14(2,3)4;1-3(2)4/h12-13H,7-11H2,1-6H3;3H,4H2,1-2H3. The summed E-state index contributed by atoms with van der Waals surface area (Å²) in [7, 11) is 0. The summed E-state index contributed by atoms with van der Waals surface area (Å²) >= 11 is 0. The Morgan fingerprint density at radius 3 is 1.63 bits per heavy atom. The summed E-state index contributed by atoms with van der Waals surface area (Å²) in [5, 5.41) is 0. The fourth-order valence-corrected chi connectivity index (χ4v) is 3.36. The van der Waals surface area contributed by atoms with Gasteiger partial charge < -0.3 is 5.73 Å². The van der Waals surface area contributed by atoms with E-state index in [1.165, 1.54) is 32.1 Å². The van der Waals surface area contributed by atoms with Crippen molar-refractivity contribution >= 4 is 0 Å². The fraction of sp³-hybridized carbons (Fsp3) is 1.00. The monoisotopic (exact) mass is 269 g/mol. The highest BCUT2D eigenvalue weighted by atomic mass is 14.6. The van der Waals surface area contributed by atoms with Crippen molar-refractivity contribution < 1.29 is 0 Å². The van der Waals surface area contributed by atoms with Crippen LogP contribution in [0.2, 0.25) is 0 Å². The second-order valence-electron chi connectivity index (χ2n) is 8.45. The molecule has 0 saturated heterocycles. The molecule has 19 heavy (non-hydrogen) atoms. The molecular formula is C18H39N. The molecule has 116 valence electrons. The molecule has 0 aromatic carbocycles. The predicted molar refractivity (Wildman–Crippen MR) is 88.3 cm³/mol. The third kappa shape index (κ3) is 6.79. The van der Waals surface area contributed by atoms with Crippen molar-refractivity contribution in [1.82, 2.24) is 0 Å². The van der Waals surface area contributed by atoms with Crippen LogP contribution >= 0.6 is 0 Å². The van der Waals surface area contributed by atoms with E-state index in [9.17, 15) is 0 Å². The molecule has 1 saturated carbocycles. The molecule has 1 heteroatoms. The first-order valence-corrected chi connectivity index (χ1v) is 8.28. The summed E-state index contributed by atoms with van der Waals surface area (Å²) in [5.74, 6) is 1.87. The van der Waals surface area contributed by atoms with Gasteiger partial charge in [-0.05, 0) is 41.5 Å². The van der Waals surface area contributed by atoms with Gasteiger partial charge in [0.05, 0.1) is 0 Å². The molecule has 1 aliphatic carbocycles. The second-order valence-corrected chi connectivity index (χ2v) is 8.45. The van der Waals surface area contributed by atoms with Crippen LogP contribution in [-0.2, 0) is 0 Å². The molecular weight excluding hydrogens is 230 g/mol. The average Bonchev–Trinajstić information content (AvgIpc) is 2.27. The van der Waals surface area contributed by atoms with Crippen LogP contribution in [0.25, 0.3) is 0 Å². The maximum atomic E-state index is 5.11. The highest BCUT2D eigenvalue weighted by Crippen LogP contribution is 2.50. The second kappa shape index (κ2) is 7.67. The zero-order chi connectivity index (χ0) is 15.3. The van der Waals surface area contributed by atoms with Crippen LogP contribution in [0.3, 0.4) is 0 Å². The van der Waals surface area contributed by atoms with Crippen LogP contribution in [0.5, 0.6) is 0 Å². The minimum absolute atomic E-state index is 0.333. The lowest BCUT2D eigenvalue weighted by Gasteiger charge is -2.48. The summed E-state index contributed by atoms with van der Waals surface area (Å²) in [4.78, 5) is 0. The molecule has 1 rings (SSSR count). The van der Waals surface area contributed by atoms with Gasteiger partial charge in [0.1, 0.15) is 0 Å². The zero-order valence-electron chi connectivity index (χ0n) is 14.8. The lowest BCUT2D eigenvalue weighted by molar-refractivity contribution is 0.0218. The van der Waals surface area contributed by atoms with Crippen molar-refractivity contribution in [2.75, 3.05) is 0 Å². The Morgan fingerprint density at radius 1 is 0.947 bits per heavy atom. The first-order valence-electron chi connectivity index (χ1n) is 8.28. The van der Waals surface area contributed by atoms with E-state index in [0.717, 1.165) is 11.8 Å². The van der Waals surface area contributed by atoms with E-state index >= 15 is 0 Å². The predicted octanol–water partition coefficient (Wildman–Crippen LogP) is 5.63. The van der Waals surface area contributed by atoms with Gasteiger partial charge in [0.15, 0.2) is 0 Å². The van der Waals surface area contributed by atoms with E-state index in [1.54, 1.807) is 0 Å². The lowest BCUT2D eigenvalue weighted by Crippen LogP contribution is -2.39. The van der Waals surface area contributed by atoms with Crippen molar-refractivity contribution in [2.45, 2.75) is 93.5 Å². The van der Waals surface area contributed by atoms with Gasteiger partial charge in [0.25, 0.3) is 0 Å². The van der Waals surface area contributed by atoms with Crippen molar-refractivity contribution in [3.63, 3.8) is 0 Å². The van der Waals surface area contributed by atoms with E-state index in [-0.39, 0.29) is 0 Å². The molecule has 0 aliphatic heterocycles. The molecule has 0 spiro atoms. The van der Waals surface area contributed by atoms with Crippen LogP contribution < -0.4 is 5.73 Å². The Balaban J connectivity index is 0.000000711. The molecule has 0 radical (unpaired) electrons. The Hall–Kier alpha value is -0.0400. The van der Waals surface area contributed by atoms with Crippen LogP contribution in [0.1, 0.15) is 87.5 Å². The van der Waals surface area contributed by atoms with Crippen molar-refractivity contribution in [2.24, 2.45) is 28.4 Å². The van der Waals surface area contributed by atoms with E-state index in [1.807, 2.05) is 13.8 Å². The summed E-state index contributed by atoms with van der Waals surface area (Å²) in [6.45, 7) is 18.5. The highest BCUT2D eigenvalue weighted by Gasteiger charge is 2.40. The highest BCUT2D eigenvalue weighted by molar-refractivity contribution is 4.90. The molecule has 1 fully saturated rings. The molecule has 0 aromatic heterocycles. The molecule has 2 unspecified atom stereocenters. The zero-order valence-corrected chi connectivity index (χ0v) is 14.8. The van der Waals surface area contributed by atoms with Gasteiger partial charge in [-0.25, -0.2) is 0 Å². The number of rotatable bonds is 2. The Bertz CT molecular complexity index is 232. The molecule has 0 heterocycles. The molecule has 1 aliphatic rings. The van der Waals surface area contributed by atoms with Gasteiger partial charge in [-0.15, -0.1) is 0 Å². The molecule has 2 N–H and O–H groups in total. The molecule has 0 amide bonds. The molecule has 0 aromatic rings. The van der Waals surface area contributed by atoms with E-state index < -0.39 is 0 Å². The largest absolute Gasteiger partial charge is 0.328 e. The topological polar surface area (TPSA) is 26.0 Å². The lowest BCUT2D eigenvalue weighted by atomic mass is 9.58. The van der Waals surface area contributed by atoms with E-state index in [4.69, 9.17) is 5.73 Å². The Kier molecular flexibility index (Phi) is 7.65. The first-order chi connectivity index (χ1) is 8.52. The summed E-state index contributed by atoms with van der Waals surface area (Å²) in [5.41, 5.74) is 6.15. The van der Waals surface area contributed by atoms with Gasteiger partial charge in [-0.1, -0.05) is 74.7 Å². The van der Waals surface area contributed by atoms with Crippen molar-refractivity contribution in [3.05, 3.63) is 0 Å². The number of nitrogens with two attached hydrogens (primary N) is 1. The molecule has 1 nitrogen and oxygen atoms in total. The third-order valence-corrected chi connectivity index (χ3v) is 4.79. The van der Waals surface area contributed by atoms with Gasteiger partial charge in [-0.2, -0.15) is 0 Å². The minimum atomic E-state index is 0.333. The quantitative estimate of drug-likeness (QED) is 0.691.